The van der Waals surface area contributed by atoms with Crippen LogP contribution < -0.4 is 10.0 Å². The van der Waals surface area contributed by atoms with Gasteiger partial charge >= 0.3 is 0 Å². The second-order valence-corrected chi connectivity index (χ2v) is 8.42. The molecule has 1 aromatic carbocycles. The Balaban J connectivity index is 1.73. The number of rotatable bonds is 5. The summed E-state index contributed by atoms with van der Waals surface area (Å²) in [5.74, 6) is 0.546. The minimum atomic E-state index is -3.60. The van der Waals surface area contributed by atoms with Crippen LogP contribution in [0, 0.1) is 18.3 Å². The Morgan fingerprint density at radius 3 is 2.60 bits per heavy atom. The van der Waals surface area contributed by atoms with Crippen LogP contribution in [0.1, 0.15) is 10.4 Å². The van der Waals surface area contributed by atoms with Crippen molar-refractivity contribution in [2.24, 2.45) is 0 Å². The number of aryl methyl sites for hydroxylation is 1. The number of hydrogen-bond donors (Lipinski definition) is 2. The van der Waals surface area contributed by atoms with Gasteiger partial charge in [0, 0.05) is 10.6 Å². The molecule has 0 aliphatic heterocycles. The highest BCUT2D eigenvalue weighted by molar-refractivity contribution is 7.94. The molecule has 0 unspecified atom stereocenters. The largest absolute Gasteiger partial charge is 0.340 e. The van der Waals surface area contributed by atoms with Crippen molar-refractivity contribution in [3.63, 3.8) is 0 Å². The van der Waals surface area contributed by atoms with Gasteiger partial charge in [0.2, 0.25) is 0 Å². The highest BCUT2D eigenvalue weighted by Gasteiger charge is 2.16. The van der Waals surface area contributed by atoms with Gasteiger partial charge in [-0.3, -0.25) is 4.72 Å². The van der Waals surface area contributed by atoms with E-state index < -0.39 is 10.0 Å². The van der Waals surface area contributed by atoms with Crippen LogP contribution in [0.4, 0.5) is 17.2 Å². The minimum Gasteiger partial charge on any atom is -0.340 e. The molecule has 0 radical (unpaired) electrons. The molecule has 0 atom stereocenters. The van der Waals surface area contributed by atoms with Crippen molar-refractivity contribution in [3.8, 4) is 6.07 Å². The summed E-state index contributed by atoms with van der Waals surface area (Å²) in [6.07, 6.45) is 1.44. The molecule has 0 spiro atoms. The van der Waals surface area contributed by atoms with Crippen LogP contribution in [0.25, 0.3) is 0 Å². The summed E-state index contributed by atoms with van der Waals surface area (Å²) in [6, 6.07) is 15.7. The molecule has 0 saturated carbocycles. The van der Waals surface area contributed by atoms with E-state index >= 15 is 0 Å². The Kier molecular flexibility index (Phi) is 4.70. The third kappa shape index (κ3) is 4.15. The van der Waals surface area contributed by atoms with Crippen LogP contribution in [0.5, 0.6) is 0 Å². The number of hydrogen-bond acceptors (Lipinski definition) is 6. The van der Waals surface area contributed by atoms with Gasteiger partial charge in [0.05, 0.1) is 23.5 Å². The molecule has 8 heteroatoms. The van der Waals surface area contributed by atoms with Crippen molar-refractivity contribution in [3.05, 3.63) is 65.2 Å². The third-order valence-corrected chi connectivity index (χ3v) is 6.13. The van der Waals surface area contributed by atoms with Crippen LogP contribution in [0.3, 0.4) is 0 Å². The Labute approximate surface area is 149 Å². The van der Waals surface area contributed by atoms with E-state index in [-0.39, 0.29) is 4.21 Å². The molecule has 25 heavy (non-hydrogen) atoms. The Morgan fingerprint density at radius 1 is 1.12 bits per heavy atom. The first kappa shape index (κ1) is 17.0. The first-order chi connectivity index (χ1) is 12.0. The lowest BCUT2D eigenvalue weighted by Crippen LogP contribution is -2.11. The monoisotopic (exact) mass is 370 g/mol. The summed E-state index contributed by atoms with van der Waals surface area (Å²) < 4.78 is 27.3. The van der Waals surface area contributed by atoms with E-state index in [1.807, 2.05) is 13.0 Å². The number of nitrogens with one attached hydrogen (secondary N) is 2. The Hall–Kier alpha value is -2.89. The summed E-state index contributed by atoms with van der Waals surface area (Å²) >= 11 is 1.21. The number of anilines is 3. The van der Waals surface area contributed by atoms with Crippen molar-refractivity contribution < 1.29 is 8.42 Å². The summed E-state index contributed by atoms with van der Waals surface area (Å²) in [5.41, 5.74) is 1.65. The molecule has 2 aromatic heterocycles. The van der Waals surface area contributed by atoms with Gasteiger partial charge in [-0.05, 0) is 49.4 Å². The molecule has 3 aromatic rings. The summed E-state index contributed by atoms with van der Waals surface area (Å²) in [4.78, 5) is 5.12. The number of thiophene rings is 1. The van der Waals surface area contributed by atoms with E-state index in [1.54, 1.807) is 42.5 Å². The fraction of sp³-hybridized carbons (Fsp3) is 0.0588. The van der Waals surface area contributed by atoms with Gasteiger partial charge in [-0.1, -0.05) is 6.07 Å². The zero-order valence-corrected chi connectivity index (χ0v) is 14.9. The first-order valence-electron chi connectivity index (χ1n) is 7.29. The normalized spacial score (nSPS) is 10.9. The van der Waals surface area contributed by atoms with Gasteiger partial charge in [0.1, 0.15) is 10.0 Å². The van der Waals surface area contributed by atoms with Gasteiger partial charge in [-0.2, -0.15) is 5.26 Å². The van der Waals surface area contributed by atoms with Crippen molar-refractivity contribution in [1.29, 1.82) is 5.26 Å². The molecular formula is C17H14N4O2S2. The van der Waals surface area contributed by atoms with Crippen LogP contribution in [-0.4, -0.2) is 13.4 Å². The summed E-state index contributed by atoms with van der Waals surface area (Å²) in [7, 11) is -3.60. The van der Waals surface area contributed by atoms with E-state index in [2.05, 4.69) is 21.1 Å². The highest BCUT2D eigenvalue weighted by Crippen LogP contribution is 2.24. The lowest BCUT2D eigenvalue weighted by molar-refractivity contribution is 0.603. The number of benzene rings is 1. The number of nitriles is 1. The number of sulfonamides is 1. The summed E-state index contributed by atoms with van der Waals surface area (Å²) in [6.45, 7) is 1.85. The van der Waals surface area contributed by atoms with Crippen molar-refractivity contribution in [2.75, 3.05) is 10.0 Å². The number of nitrogens with zero attached hydrogens (tertiary/aromatic N) is 2. The van der Waals surface area contributed by atoms with Gasteiger partial charge in [-0.25, -0.2) is 13.4 Å². The van der Waals surface area contributed by atoms with E-state index in [1.165, 1.54) is 17.5 Å². The van der Waals surface area contributed by atoms with E-state index in [0.29, 0.717) is 17.1 Å². The molecule has 2 heterocycles. The Bertz CT molecular complexity index is 1040. The maximum absolute atomic E-state index is 12.3. The zero-order chi connectivity index (χ0) is 17.9. The van der Waals surface area contributed by atoms with E-state index in [9.17, 15) is 8.42 Å². The number of aromatic nitrogens is 1. The van der Waals surface area contributed by atoms with Crippen molar-refractivity contribution in [2.45, 2.75) is 11.1 Å². The van der Waals surface area contributed by atoms with Crippen LogP contribution in [0.2, 0.25) is 0 Å². The van der Waals surface area contributed by atoms with Gasteiger partial charge < -0.3 is 5.32 Å². The molecule has 0 saturated heterocycles. The molecule has 0 aliphatic rings. The van der Waals surface area contributed by atoms with E-state index in [4.69, 9.17) is 5.26 Å². The minimum absolute atomic E-state index is 0.264. The van der Waals surface area contributed by atoms with Gasteiger partial charge in [0.25, 0.3) is 10.0 Å². The fourth-order valence-corrected chi connectivity index (χ4v) is 4.43. The maximum atomic E-state index is 12.3. The maximum Gasteiger partial charge on any atom is 0.271 e. The lowest BCUT2D eigenvalue weighted by Gasteiger charge is -2.08. The molecule has 126 valence electrons. The average Bonchev–Trinajstić information content (AvgIpc) is 3.04. The molecule has 3 rings (SSSR count). The molecular weight excluding hydrogens is 356 g/mol. The predicted octanol–water partition coefficient (Wildman–Crippen LogP) is 3.87. The predicted molar refractivity (Wildman–Crippen MR) is 98.5 cm³/mol. The van der Waals surface area contributed by atoms with Crippen LogP contribution >= 0.6 is 11.3 Å². The molecule has 0 fully saturated rings. The lowest BCUT2D eigenvalue weighted by atomic mass is 10.2. The standard InChI is InChI=1S/C17H14N4O2S2/c1-12-5-8-17(24-12)25(22,23)21-15-6-7-16(19-11-15)20-14-4-2-3-13(9-14)10-18/h2-9,11,21H,1H3,(H,19,20). The van der Waals surface area contributed by atoms with Gasteiger partial charge in [-0.15, -0.1) is 11.3 Å². The summed E-state index contributed by atoms with van der Waals surface area (Å²) in [5, 5.41) is 12.0. The van der Waals surface area contributed by atoms with Crippen LogP contribution in [0.15, 0.2) is 58.9 Å². The topological polar surface area (TPSA) is 94.9 Å². The highest BCUT2D eigenvalue weighted by atomic mass is 32.2. The zero-order valence-electron chi connectivity index (χ0n) is 13.2. The molecule has 2 N–H and O–H groups in total. The van der Waals surface area contributed by atoms with Crippen LogP contribution in [-0.2, 0) is 10.0 Å². The smallest absolute Gasteiger partial charge is 0.271 e. The third-order valence-electron chi connectivity index (χ3n) is 3.26. The molecule has 0 amide bonds. The van der Waals surface area contributed by atoms with Crippen molar-refractivity contribution in [1.82, 2.24) is 4.98 Å². The fourth-order valence-electron chi connectivity index (χ4n) is 2.10. The first-order valence-corrected chi connectivity index (χ1v) is 9.59. The van der Waals surface area contributed by atoms with E-state index in [0.717, 1.165) is 10.6 Å². The Morgan fingerprint density at radius 2 is 1.96 bits per heavy atom. The molecule has 6 nitrogen and oxygen atoms in total. The van der Waals surface area contributed by atoms with Crippen molar-refractivity contribution >= 4 is 38.6 Å². The quantitative estimate of drug-likeness (QED) is 0.711. The molecule has 0 bridgehead atoms. The second-order valence-electron chi connectivity index (χ2n) is 5.22. The molecule has 0 aliphatic carbocycles. The SMILES string of the molecule is Cc1ccc(S(=O)(=O)Nc2ccc(Nc3cccc(C#N)c3)nc2)s1. The number of pyridine rings is 1. The average molecular weight is 370 g/mol. The second kappa shape index (κ2) is 6.93. The van der Waals surface area contributed by atoms with Gasteiger partial charge in [0.15, 0.2) is 0 Å².